The fraction of sp³-hybridized carbons (Fsp3) is 0.250. The molecule has 5 aromatic rings. The van der Waals surface area contributed by atoms with E-state index in [2.05, 4.69) is 31.9 Å². The maximum absolute atomic E-state index is 14.6. The number of thiophene rings is 1. The highest BCUT2D eigenvalue weighted by Gasteiger charge is 2.34. The van der Waals surface area contributed by atoms with Crippen LogP contribution in [0, 0.1) is 0 Å². The second-order valence-electron chi connectivity index (χ2n) is 15.5. The quantitative estimate of drug-likeness (QED) is 0.0848. The molecule has 0 saturated carbocycles. The van der Waals surface area contributed by atoms with Crippen molar-refractivity contribution in [1.82, 2.24) is 26.6 Å². The molecule has 2 aliphatic heterocycles. The van der Waals surface area contributed by atoms with Crippen LogP contribution < -0.4 is 31.9 Å². The lowest BCUT2D eigenvalue weighted by molar-refractivity contribution is -0.147. The molecule has 16 nitrogen and oxygen atoms in total. The maximum Gasteiger partial charge on any atom is 0.326 e. The minimum atomic E-state index is -1.84. The zero-order valence-electron chi connectivity index (χ0n) is 35.0. The van der Waals surface area contributed by atoms with Crippen molar-refractivity contribution in [3.05, 3.63) is 148 Å². The Labute approximate surface area is 378 Å². The van der Waals surface area contributed by atoms with E-state index in [0.29, 0.717) is 22.4 Å². The summed E-state index contributed by atoms with van der Waals surface area (Å²) in [6, 6.07) is 28.4. The number of nitrogens with one attached hydrogen (secondary N) is 6. The smallest absolute Gasteiger partial charge is 0.326 e. The van der Waals surface area contributed by atoms with Crippen LogP contribution in [-0.4, -0.2) is 87.8 Å². The van der Waals surface area contributed by atoms with E-state index in [9.17, 15) is 48.6 Å². The number of anilines is 1. The topological polar surface area (TPSA) is 249 Å². The monoisotopic (exact) mass is 900 g/mol. The summed E-state index contributed by atoms with van der Waals surface area (Å²) in [6.45, 7) is 0. The number of carbonyl (C=O) groups excluding carboxylic acids is 6. The van der Waals surface area contributed by atoms with E-state index in [1.54, 1.807) is 54.6 Å². The van der Waals surface area contributed by atoms with Gasteiger partial charge in [0.05, 0.1) is 6.42 Å². The lowest BCUT2D eigenvalue weighted by atomic mass is 9.99. The van der Waals surface area contributed by atoms with Crippen LogP contribution in [0.5, 0.6) is 0 Å². The average Bonchev–Trinajstić information content (AvgIpc) is 3.81. The lowest BCUT2D eigenvalue weighted by Gasteiger charge is -2.27. The van der Waals surface area contributed by atoms with Crippen molar-refractivity contribution in [3.63, 3.8) is 0 Å². The Morgan fingerprint density at radius 3 is 1.74 bits per heavy atom. The Morgan fingerprint density at radius 2 is 1.15 bits per heavy atom. The molecule has 0 spiro atoms. The van der Waals surface area contributed by atoms with Crippen molar-refractivity contribution in [3.8, 4) is 11.1 Å². The molecule has 5 unspecified atom stereocenters. The Morgan fingerprint density at radius 1 is 0.600 bits per heavy atom. The summed E-state index contributed by atoms with van der Waals surface area (Å²) in [4.78, 5) is 108. The summed E-state index contributed by atoms with van der Waals surface area (Å²) in [5.41, 5.74) is 3.96. The van der Waals surface area contributed by atoms with E-state index in [1.165, 1.54) is 23.5 Å². The van der Waals surface area contributed by atoms with Gasteiger partial charge in [0.2, 0.25) is 35.4 Å². The van der Waals surface area contributed by atoms with Crippen molar-refractivity contribution in [1.29, 1.82) is 0 Å². The van der Waals surface area contributed by atoms with Gasteiger partial charge in [-0.15, -0.1) is 11.3 Å². The third-order valence-electron chi connectivity index (χ3n) is 10.6. The van der Waals surface area contributed by atoms with E-state index in [0.717, 1.165) is 16.0 Å². The summed E-state index contributed by atoms with van der Waals surface area (Å²) >= 11 is 1.37. The first kappa shape index (κ1) is 46.8. The van der Waals surface area contributed by atoms with Gasteiger partial charge in [0, 0.05) is 49.1 Å². The molecule has 0 radical (unpaired) electrons. The maximum atomic E-state index is 14.6. The molecule has 336 valence electrons. The minimum Gasteiger partial charge on any atom is -0.481 e. The summed E-state index contributed by atoms with van der Waals surface area (Å²) in [5.74, 6) is -7.49. The van der Waals surface area contributed by atoms with E-state index in [4.69, 9.17) is 0 Å². The molecule has 8 N–H and O–H groups in total. The van der Waals surface area contributed by atoms with Crippen LogP contribution in [-0.2, 0) is 64.0 Å². The average molecular weight is 901 g/mol. The van der Waals surface area contributed by atoms with Gasteiger partial charge < -0.3 is 42.1 Å². The van der Waals surface area contributed by atoms with Crippen LogP contribution in [0.3, 0.4) is 0 Å². The number of hydrogen-bond donors (Lipinski definition) is 8. The number of rotatable bonds is 12. The fourth-order valence-corrected chi connectivity index (χ4v) is 7.91. The molecule has 0 fully saturated rings. The fourth-order valence-electron chi connectivity index (χ4n) is 7.16. The van der Waals surface area contributed by atoms with Gasteiger partial charge in [-0.2, -0.15) is 0 Å². The standard InChI is InChI=1S/C48H48N6O10S/c55-41-21-22-42(56)50-39(27-35-12-7-23-65-35)47(62)53-37(25-30-13-17-33(18-14-30)32-10-5-2-6-11-32)45(60)51-36(24-29-8-3-1-4-9-29)44(59)52-38(26-31-15-19-34(49-41)20-16-31)46(61)54-40(48(63)64)28-43(57)58/h1-20,23,36-40H,21-22,24-28H2,(H,49,55)(H,50,56)(H,51,60)(H,52,59)(H,53,62)(H,54,61)(H,57,58)(H,63,64). The summed E-state index contributed by atoms with van der Waals surface area (Å²) < 4.78 is 0. The first-order chi connectivity index (χ1) is 31.3. The minimum absolute atomic E-state index is 0.0484. The Balaban J connectivity index is 1.37. The van der Waals surface area contributed by atoms with Crippen molar-refractivity contribution >= 4 is 64.4 Å². The van der Waals surface area contributed by atoms with E-state index in [-0.39, 0.29) is 38.5 Å². The molecule has 6 amide bonds. The van der Waals surface area contributed by atoms with Gasteiger partial charge in [-0.25, -0.2) is 4.79 Å². The molecule has 65 heavy (non-hydrogen) atoms. The Bertz CT molecular complexity index is 2470. The van der Waals surface area contributed by atoms with Gasteiger partial charge in [-0.3, -0.25) is 33.6 Å². The highest BCUT2D eigenvalue weighted by atomic mass is 32.1. The van der Waals surface area contributed by atoms with E-state index in [1.807, 2.05) is 60.0 Å². The highest BCUT2D eigenvalue weighted by Crippen LogP contribution is 2.21. The predicted octanol–water partition coefficient (Wildman–Crippen LogP) is 3.40. The van der Waals surface area contributed by atoms with Crippen molar-refractivity contribution in [2.45, 2.75) is 75.2 Å². The number of benzene rings is 4. The SMILES string of the molecule is O=C(O)CC(NC(=O)C1Cc2ccc(cc2)NC(=O)CCC(=O)NC(Cc2cccs2)C(=O)NC(Cc2ccc(-c3ccccc3)cc2)C(=O)NC(Cc2ccccc2)C(=O)N1)C(=O)O. The van der Waals surface area contributed by atoms with E-state index < -0.39 is 84.0 Å². The van der Waals surface area contributed by atoms with Crippen molar-refractivity contribution < 1.29 is 48.6 Å². The van der Waals surface area contributed by atoms with Crippen LogP contribution in [0.2, 0.25) is 0 Å². The predicted molar refractivity (Wildman–Crippen MR) is 241 cm³/mol. The van der Waals surface area contributed by atoms with Crippen LogP contribution in [0.25, 0.3) is 11.1 Å². The number of hydrogen-bond acceptors (Lipinski definition) is 9. The first-order valence-electron chi connectivity index (χ1n) is 20.8. The van der Waals surface area contributed by atoms with Gasteiger partial charge in [-0.05, 0) is 51.4 Å². The second-order valence-corrected chi connectivity index (χ2v) is 16.5. The molecular formula is C48H48N6O10S. The lowest BCUT2D eigenvalue weighted by Crippen LogP contribution is -2.60. The zero-order valence-corrected chi connectivity index (χ0v) is 35.8. The van der Waals surface area contributed by atoms with Gasteiger partial charge in [0.25, 0.3) is 0 Å². The zero-order chi connectivity index (χ0) is 46.3. The van der Waals surface area contributed by atoms with Gasteiger partial charge in [0.1, 0.15) is 30.2 Å². The van der Waals surface area contributed by atoms with Gasteiger partial charge >= 0.3 is 11.9 Å². The largest absolute Gasteiger partial charge is 0.481 e. The van der Waals surface area contributed by atoms with Crippen LogP contribution in [0.15, 0.2) is 127 Å². The van der Waals surface area contributed by atoms with Crippen LogP contribution >= 0.6 is 11.3 Å². The molecular weight excluding hydrogens is 853 g/mol. The number of carboxylic acids is 2. The van der Waals surface area contributed by atoms with Crippen molar-refractivity contribution in [2.24, 2.45) is 0 Å². The van der Waals surface area contributed by atoms with Crippen molar-refractivity contribution in [2.75, 3.05) is 5.32 Å². The van der Waals surface area contributed by atoms with Crippen LogP contribution in [0.1, 0.15) is 40.8 Å². The molecule has 0 saturated heterocycles. The Kier molecular flexibility index (Phi) is 16.3. The second kappa shape index (κ2) is 22.6. The number of amides is 6. The molecule has 2 aliphatic rings. The van der Waals surface area contributed by atoms with Gasteiger partial charge in [0.15, 0.2) is 0 Å². The molecule has 7 rings (SSSR count). The number of carboxylic acid groups (broad SMARTS) is 2. The highest BCUT2D eigenvalue weighted by molar-refractivity contribution is 7.09. The van der Waals surface area contributed by atoms with E-state index >= 15 is 0 Å². The summed E-state index contributed by atoms with van der Waals surface area (Å²) in [6.07, 6.45) is -1.72. The number of fused-ring (bicyclic) bond motifs is 18. The summed E-state index contributed by atoms with van der Waals surface area (Å²) in [5, 5.41) is 36.8. The third-order valence-corrected chi connectivity index (χ3v) is 11.5. The van der Waals surface area contributed by atoms with Crippen LogP contribution in [0.4, 0.5) is 5.69 Å². The summed E-state index contributed by atoms with van der Waals surface area (Å²) in [7, 11) is 0. The first-order valence-corrected chi connectivity index (χ1v) is 21.7. The Hall–Kier alpha value is -7.66. The molecule has 3 heterocycles. The van der Waals surface area contributed by atoms with Gasteiger partial charge in [-0.1, -0.05) is 103 Å². The molecule has 1 aromatic heterocycles. The normalized spacial score (nSPS) is 19.2. The molecule has 5 atom stereocenters. The molecule has 2 bridgehead atoms. The number of aliphatic carboxylic acids is 2. The third kappa shape index (κ3) is 14.2. The number of carbonyl (C=O) groups is 8. The molecule has 17 heteroatoms. The molecule has 4 aromatic carbocycles. The molecule has 0 aliphatic carbocycles.